The number of ether oxygens (including phenoxy) is 1. The van der Waals surface area contributed by atoms with Crippen molar-refractivity contribution in [3.05, 3.63) is 48.0 Å². The molecule has 2 rings (SSSR count). The third-order valence-electron chi connectivity index (χ3n) is 4.21. The fourth-order valence-electron chi connectivity index (χ4n) is 2.63. The van der Waals surface area contributed by atoms with E-state index in [-0.39, 0.29) is 11.9 Å². The number of aliphatic hydroxyl groups excluding tert-OH is 1. The topological polar surface area (TPSA) is 32.7 Å². The van der Waals surface area contributed by atoms with E-state index in [1.807, 2.05) is 0 Å². The van der Waals surface area contributed by atoms with Crippen molar-refractivity contribution in [2.45, 2.75) is 32.5 Å². The summed E-state index contributed by atoms with van der Waals surface area (Å²) in [6.07, 6.45) is 0.203. The summed E-state index contributed by atoms with van der Waals surface area (Å²) in [5.41, 5.74) is 0.595. The number of benzene rings is 1. The summed E-state index contributed by atoms with van der Waals surface area (Å²) >= 11 is 0. The largest absolute Gasteiger partial charge is 0.491 e. The van der Waals surface area contributed by atoms with E-state index < -0.39 is 6.10 Å². The molecule has 0 spiro atoms. The Morgan fingerprint density at radius 2 is 2.14 bits per heavy atom. The molecular weight excluding hydrogens is 269 g/mol. The maximum absolute atomic E-state index is 12.9. The molecule has 1 aliphatic rings. The standard InChI is InChI=1S/C17H24FNO2/c1-4-19-10-9-12(2)16(11-19)21-13(3)17(20)14-5-7-15(18)8-6-14/h5-8,12,16-17,20H,3-4,9-11H2,1-2H3. The van der Waals surface area contributed by atoms with Crippen LogP contribution in [0.3, 0.4) is 0 Å². The van der Waals surface area contributed by atoms with Gasteiger partial charge < -0.3 is 9.84 Å². The van der Waals surface area contributed by atoms with Crippen LogP contribution in [0, 0.1) is 11.7 Å². The zero-order chi connectivity index (χ0) is 15.4. The molecule has 0 saturated carbocycles. The zero-order valence-electron chi connectivity index (χ0n) is 12.8. The van der Waals surface area contributed by atoms with Crippen LogP contribution in [0.1, 0.15) is 31.9 Å². The van der Waals surface area contributed by atoms with Crippen LogP contribution in [0.15, 0.2) is 36.6 Å². The van der Waals surface area contributed by atoms with Gasteiger partial charge in [-0.2, -0.15) is 0 Å². The van der Waals surface area contributed by atoms with Crippen LogP contribution in [0.25, 0.3) is 0 Å². The molecule has 0 amide bonds. The number of likely N-dealkylation sites (N-methyl/N-ethyl adjacent to an activating group) is 1. The van der Waals surface area contributed by atoms with Crippen molar-refractivity contribution in [2.75, 3.05) is 19.6 Å². The zero-order valence-corrected chi connectivity index (χ0v) is 12.8. The van der Waals surface area contributed by atoms with Crippen molar-refractivity contribution in [3.8, 4) is 0 Å². The van der Waals surface area contributed by atoms with Gasteiger partial charge in [0, 0.05) is 6.54 Å². The molecule has 0 aromatic heterocycles. The molecule has 1 saturated heterocycles. The summed E-state index contributed by atoms with van der Waals surface area (Å²) < 4.78 is 18.8. The van der Waals surface area contributed by atoms with Gasteiger partial charge >= 0.3 is 0 Å². The number of nitrogens with zero attached hydrogens (tertiary/aromatic N) is 1. The third-order valence-corrected chi connectivity index (χ3v) is 4.21. The first-order chi connectivity index (χ1) is 10.0. The lowest BCUT2D eigenvalue weighted by molar-refractivity contribution is -0.0191. The van der Waals surface area contributed by atoms with Crippen molar-refractivity contribution in [1.82, 2.24) is 4.90 Å². The molecule has 3 nitrogen and oxygen atoms in total. The number of likely N-dealkylation sites (tertiary alicyclic amines) is 1. The van der Waals surface area contributed by atoms with Gasteiger partial charge in [-0.05, 0) is 43.1 Å². The van der Waals surface area contributed by atoms with E-state index in [2.05, 4.69) is 25.3 Å². The summed E-state index contributed by atoms with van der Waals surface area (Å²) in [4.78, 5) is 2.34. The van der Waals surface area contributed by atoms with Crippen LogP contribution >= 0.6 is 0 Å². The molecule has 1 heterocycles. The highest BCUT2D eigenvalue weighted by atomic mass is 19.1. The lowest BCUT2D eigenvalue weighted by atomic mass is 9.95. The number of hydrogen-bond donors (Lipinski definition) is 1. The highest BCUT2D eigenvalue weighted by Crippen LogP contribution is 2.27. The number of aliphatic hydroxyl groups is 1. The average Bonchev–Trinajstić information content (AvgIpc) is 2.49. The van der Waals surface area contributed by atoms with E-state index in [1.165, 1.54) is 12.1 Å². The molecule has 0 radical (unpaired) electrons. The van der Waals surface area contributed by atoms with Gasteiger partial charge in [0.15, 0.2) is 0 Å². The molecule has 3 unspecified atom stereocenters. The minimum Gasteiger partial charge on any atom is -0.491 e. The average molecular weight is 293 g/mol. The van der Waals surface area contributed by atoms with Crippen LogP contribution in [-0.4, -0.2) is 35.7 Å². The molecule has 1 aromatic carbocycles. The molecule has 1 fully saturated rings. The highest BCUT2D eigenvalue weighted by Gasteiger charge is 2.28. The normalized spacial score (nSPS) is 24.6. The number of piperidine rings is 1. The van der Waals surface area contributed by atoms with Gasteiger partial charge in [-0.3, -0.25) is 4.90 Å². The van der Waals surface area contributed by atoms with Gasteiger partial charge in [-0.1, -0.05) is 32.6 Å². The molecular formula is C17H24FNO2. The van der Waals surface area contributed by atoms with Gasteiger partial charge in [0.2, 0.25) is 0 Å². The lowest BCUT2D eigenvalue weighted by Gasteiger charge is -2.37. The van der Waals surface area contributed by atoms with Crippen molar-refractivity contribution in [2.24, 2.45) is 5.92 Å². The smallest absolute Gasteiger partial charge is 0.135 e. The molecule has 116 valence electrons. The number of hydrogen-bond acceptors (Lipinski definition) is 3. The van der Waals surface area contributed by atoms with Crippen molar-refractivity contribution in [3.63, 3.8) is 0 Å². The van der Waals surface area contributed by atoms with E-state index in [0.29, 0.717) is 17.2 Å². The Morgan fingerprint density at radius 1 is 1.48 bits per heavy atom. The summed E-state index contributed by atoms with van der Waals surface area (Å²) in [6.45, 7) is 11.1. The van der Waals surface area contributed by atoms with E-state index in [9.17, 15) is 9.50 Å². The van der Waals surface area contributed by atoms with Crippen LogP contribution in [0.2, 0.25) is 0 Å². The van der Waals surface area contributed by atoms with Gasteiger partial charge in [-0.15, -0.1) is 0 Å². The first kappa shape index (κ1) is 16.0. The fourth-order valence-corrected chi connectivity index (χ4v) is 2.63. The van der Waals surface area contributed by atoms with E-state index in [4.69, 9.17) is 4.74 Å². The molecule has 1 N–H and O–H groups in total. The Labute approximate surface area is 126 Å². The number of rotatable bonds is 5. The first-order valence-corrected chi connectivity index (χ1v) is 7.52. The minimum absolute atomic E-state index is 0.0429. The van der Waals surface area contributed by atoms with E-state index in [1.54, 1.807) is 12.1 Å². The van der Waals surface area contributed by atoms with E-state index in [0.717, 1.165) is 26.1 Å². The van der Waals surface area contributed by atoms with Gasteiger partial charge in [0.25, 0.3) is 0 Å². The van der Waals surface area contributed by atoms with E-state index >= 15 is 0 Å². The fraction of sp³-hybridized carbons (Fsp3) is 0.529. The monoisotopic (exact) mass is 293 g/mol. The molecule has 21 heavy (non-hydrogen) atoms. The predicted molar refractivity (Wildman–Crippen MR) is 81.3 cm³/mol. The molecule has 4 heteroatoms. The van der Waals surface area contributed by atoms with Crippen LogP contribution in [0.5, 0.6) is 0 Å². The van der Waals surface area contributed by atoms with Crippen molar-refractivity contribution in [1.29, 1.82) is 0 Å². The molecule has 0 bridgehead atoms. The summed E-state index contributed by atoms with van der Waals surface area (Å²) in [5.74, 6) is 0.443. The Morgan fingerprint density at radius 3 is 2.76 bits per heavy atom. The van der Waals surface area contributed by atoms with Crippen LogP contribution < -0.4 is 0 Å². The summed E-state index contributed by atoms with van der Waals surface area (Å²) in [5, 5.41) is 10.3. The summed E-state index contributed by atoms with van der Waals surface area (Å²) in [7, 11) is 0. The van der Waals surface area contributed by atoms with Gasteiger partial charge in [0.1, 0.15) is 23.8 Å². The second-order valence-corrected chi connectivity index (χ2v) is 5.74. The molecule has 3 atom stereocenters. The van der Waals surface area contributed by atoms with Gasteiger partial charge in [0.05, 0.1) is 0 Å². The number of halogens is 1. The quantitative estimate of drug-likeness (QED) is 0.847. The van der Waals surface area contributed by atoms with Crippen molar-refractivity contribution >= 4 is 0 Å². The first-order valence-electron chi connectivity index (χ1n) is 7.52. The second-order valence-electron chi connectivity index (χ2n) is 5.74. The van der Waals surface area contributed by atoms with Crippen LogP contribution in [0.4, 0.5) is 4.39 Å². The third kappa shape index (κ3) is 4.05. The molecule has 0 aliphatic carbocycles. The molecule has 1 aliphatic heterocycles. The Hall–Kier alpha value is -1.39. The summed E-state index contributed by atoms with van der Waals surface area (Å²) in [6, 6.07) is 5.76. The second kappa shape index (κ2) is 7.05. The van der Waals surface area contributed by atoms with Crippen LogP contribution in [-0.2, 0) is 4.74 Å². The minimum atomic E-state index is -0.921. The highest BCUT2D eigenvalue weighted by molar-refractivity contribution is 5.23. The van der Waals surface area contributed by atoms with Gasteiger partial charge in [-0.25, -0.2) is 4.39 Å². The SMILES string of the molecule is C=C(OC1CN(CC)CCC1C)C(O)c1ccc(F)cc1. The maximum atomic E-state index is 12.9. The Kier molecular flexibility index (Phi) is 5.37. The Balaban J connectivity index is 1.97. The Bertz CT molecular complexity index is 474. The molecule has 1 aromatic rings. The lowest BCUT2D eigenvalue weighted by Crippen LogP contribution is -2.44. The van der Waals surface area contributed by atoms with Crippen molar-refractivity contribution < 1.29 is 14.2 Å². The maximum Gasteiger partial charge on any atom is 0.135 e. The predicted octanol–water partition coefficient (Wildman–Crippen LogP) is 3.12.